The maximum absolute atomic E-state index is 11.8. The number of nitrogens with one attached hydrogen (secondary N) is 2. The van der Waals surface area contributed by atoms with Gasteiger partial charge in [0, 0.05) is 25.8 Å². The molecule has 0 aliphatic heterocycles. The number of urea groups is 1. The second-order valence-corrected chi connectivity index (χ2v) is 3.49. The number of carbonyl (C=O) groups excluding carboxylic acids is 2. The molecule has 94 valence electrons. The molecule has 1 aromatic rings. The monoisotopic (exact) mass is 239 g/mol. The predicted molar refractivity (Wildman–Crippen MR) is 64.4 cm³/mol. The van der Waals surface area contributed by atoms with E-state index in [9.17, 15) is 9.59 Å². The number of nitrogens with two attached hydrogens (primary N) is 2. The summed E-state index contributed by atoms with van der Waals surface area (Å²) in [4.78, 5) is 22.1. The molecule has 0 fully saturated rings. The van der Waals surface area contributed by atoms with E-state index < -0.39 is 6.03 Å². The van der Waals surface area contributed by atoms with Crippen molar-refractivity contribution in [3.05, 3.63) is 18.0 Å². The molecule has 1 heterocycles. The van der Waals surface area contributed by atoms with Crippen LogP contribution in [-0.2, 0) is 6.54 Å². The summed E-state index contributed by atoms with van der Waals surface area (Å²) in [7, 11) is 0. The standard InChI is InChI=1S/C10H17N5O2/c1-2-15-6-7(11)5-8(15)9(16)13-3-4-14-10(12)17/h5-6H,2-4,11H2,1H3,(H,13,16)(H3,12,14,17). The van der Waals surface area contributed by atoms with Gasteiger partial charge in [-0.2, -0.15) is 0 Å². The summed E-state index contributed by atoms with van der Waals surface area (Å²) < 4.78 is 1.76. The highest BCUT2D eigenvalue weighted by Gasteiger charge is 2.11. The number of carbonyl (C=O) groups is 2. The Labute approximate surface area is 99.1 Å². The van der Waals surface area contributed by atoms with Gasteiger partial charge in [-0.1, -0.05) is 0 Å². The highest BCUT2D eigenvalue weighted by Crippen LogP contribution is 2.09. The van der Waals surface area contributed by atoms with Crippen LogP contribution in [0.4, 0.5) is 10.5 Å². The van der Waals surface area contributed by atoms with Gasteiger partial charge in [-0.05, 0) is 13.0 Å². The lowest BCUT2D eigenvalue weighted by Gasteiger charge is -2.07. The van der Waals surface area contributed by atoms with Gasteiger partial charge in [0.2, 0.25) is 0 Å². The number of amides is 3. The van der Waals surface area contributed by atoms with E-state index in [0.29, 0.717) is 31.0 Å². The number of aromatic nitrogens is 1. The third-order valence-electron chi connectivity index (χ3n) is 2.20. The van der Waals surface area contributed by atoms with Crippen LogP contribution >= 0.6 is 0 Å². The molecule has 6 N–H and O–H groups in total. The zero-order valence-electron chi connectivity index (χ0n) is 9.69. The number of anilines is 1. The molecule has 0 radical (unpaired) electrons. The van der Waals surface area contributed by atoms with Gasteiger partial charge in [-0.15, -0.1) is 0 Å². The van der Waals surface area contributed by atoms with Crippen molar-refractivity contribution in [3.63, 3.8) is 0 Å². The van der Waals surface area contributed by atoms with E-state index >= 15 is 0 Å². The fourth-order valence-electron chi connectivity index (χ4n) is 1.44. The van der Waals surface area contributed by atoms with Crippen molar-refractivity contribution >= 4 is 17.6 Å². The predicted octanol–water partition coefficient (Wildman–Crippen LogP) is -0.512. The van der Waals surface area contributed by atoms with Crippen LogP contribution in [0.15, 0.2) is 12.3 Å². The fraction of sp³-hybridized carbons (Fsp3) is 0.400. The van der Waals surface area contributed by atoms with Crippen LogP contribution < -0.4 is 22.1 Å². The molecular weight excluding hydrogens is 222 g/mol. The van der Waals surface area contributed by atoms with Crippen molar-refractivity contribution in [2.24, 2.45) is 5.73 Å². The number of rotatable bonds is 5. The molecule has 0 aliphatic rings. The highest BCUT2D eigenvalue weighted by atomic mass is 16.2. The minimum absolute atomic E-state index is 0.227. The van der Waals surface area contributed by atoms with Crippen molar-refractivity contribution in [3.8, 4) is 0 Å². The van der Waals surface area contributed by atoms with E-state index in [1.165, 1.54) is 0 Å². The topological polar surface area (TPSA) is 115 Å². The number of primary amides is 1. The maximum atomic E-state index is 11.8. The second kappa shape index (κ2) is 5.78. The summed E-state index contributed by atoms with van der Waals surface area (Å²) in [5.41, 5.74) is 11.6. The minimum Gasteiger partial charge on any atom is -0.397 e. The summed E-state index contributed by atoms with van der Waals surface area (Å²) in [5.74, 6) is -0.227. The van der Waals surface area contributed by atoms with Gasteiger partial charge in [0.25, 0.3) is 5.91 Å². The third-order valence-corrected chi connectivity index (χ3v) is 2.20. The van der Waals surface area contributed by atoms with Crippen LogP contribution in [-0.4, -0.2) is 29.6 Å². The van der Waals surface area contributed by atoms with Crippen molar-refractivity contribution in [2.45, 2.75) is 13.5 Å². The van der Waals surface area contributed by atoms with E-state index in [1.807, 2.05) is 6.92 Å². The molecule has 0 spiro atoms. The van der Waals surface area contributed by atoms with Gasteiger partial charge in [-0.25, -0.2) is 4.79 Å². The van der Waals surface area contributed by atoms with Crippen LogP contribution in [0.1, 0.15) is 17.4 Å². The molecule has 0 unspecified atom stereocenters. The number of hydrogen-bond acceptors (Lipinski definition) is 3. The first kappa shape index (κ1) is 12.9. The Balaban J connectivity index is 2.49. The Bertz CT molecular complexity index is 413. The number of nitrogens with zero attached hydrogens (tertiary/aromatic N) is 1. The van der Waals surface area contributed by atoms with Gasteiger partial charge in [0.05, 0.1) is 5.69 Å². The summed E-state index contributed by atoms with van der Waals surface area (Å²) in [6.07, 6.45) is 1.70. The Morgan fingerprint density at radius 1 is 1.35 bits per heavy atom. The van der Waals surface area contributed by atoms with Crippen LogP contribution in [0.5, 0.6) is 0 Å². The molecule has 17 heavy (non-hydrogen) atoms. The zero-order chi connectivity index (χ0) is 12.8. The quantitative estimate of drug-likeness (QED) is 0.518. The summed E-state index contributed by atoms with van der Waals surface area (Å²) in [5, 5.41) is 5.04. The second-order valence-electron chi connectivity index (χ2n) is 3.49. The number of nitrogen functional groups attached to an aromatic ring is 1. The van der Waals surface area contributed by atoms with E-state index in [-0.39, 0.29) is 5.91 Å². The molecular formula is C10H17N5O2. The van der Waals surface area contributed by atoms with Crippen LogP contribution in [0.25, 0.3) is 0 Å². The lowest BCUT2D eigenvalue weighted by atomic mass is 10.3. The molecule has 0 bridgehead atoms. The number of hydrogen-bond donors (Lipinski definition) is 4. The third kappa shape index (κ3) is 3.71. The average Bonchev–Trinajstić information content (AvgIpc) is 2.65. The van der Waals surface area contributed by atoms with Crippen molar-refractivity contribution in [1.29, 1.82) is 0 Å². The van der Waals surface area contributed by atoms with Gasteiger partial charge >= 0.3 is 6.03 Å². The first-order valence-corrected chi connectivity index (χ1v) is 5.31. The smallest absolute Gasteiger partial charge is 0.312 e. The Morgan fingerprint density at radius 2 is 2.00 bits per heavy atom. The van der Waals surface area contributed by atoms with Gasteiger partial charge in [-0.3, -0.25) is 4.79 Å². The maximum Gasteiger partial charge on any atom is 0.312 e. The highest BCUT2D eigenvalue weighted by molar-refractivity contribution is 5.93. The van der Waals surface area contributed by atoms with Gasteiger partial charge in [0.1, 0.15) is 5.69 Å². The summed E-state index contributed by atoms with van der Waals surface area (Å²) in [6.45, 7) is 3.20. The van der Waals surface area contributed by atoms with Crippen LogP contribution in [0, 0.1) is 0 Å². The Hall–Kier alpha value is -2.18. The molecule has 7 nitrogen and oxygen atoms in total. The lowest BCUT2D eigenvalue weighted by Crippen LogP contribution is -2.37. The normalized spacial score (nSPS) is 9.94. The van der Waals surface area contributed by atoms with E-state index in [1.54, 1.807) is 16.8 Å². The van der Waals surface area contributed by atoms with Crippen molar-refractivity contribution in [1.82, 2.24) is 15.2 Å². The summed E-state index contributed by atoms with van der Waals surface area (Å²) >= 11 is 0. The summed E-state index contributed by atoms with van der Waals surface area (Å²) in [6, 6.07) is 1.00. The fourth-order valence-corrected chi connectivity index (χ4v) is 1.44. The largest absolute Gasteiger partial charge is 0.397 e. The Kier molecular flexibility index (Phi) is 4.38. The number of aryl methyl sites for hydroxylation is 1. The molecule has 0 saturated heterocycles. The molecule has 1 rings (SSSR count). The van der Waals surface area contributed by atoms with Crippen LogP contribution in [0.3, 0.4) is 0 Å². The lowest BCUT2D eigenvalue weighted by molar-refractivity contribution is 0.0945. The van der Waals surface area contributed by atoms with E-state index in [4.69, 9.17) is 11.5 Å². The van der Waals surface area contributed by atoms with Crippen molar-refractivity contribution in [2.75, 3.05) is 18.8 Å². The molecule has 7 heteroatoms. The average molecular weight is 239 g/mol. The van der Waals surface area contributed by atoms with Crippen molar-refractivity contribution < 1.29 is 9.59 Å². The minimum atomic E-state index is -0.611. The molecule has 1 aromatic heterocycles. The molecule has 0 aliphatic carbocycles. The Morgan fingerprint density at radius 3 is 2.59 bits per heavy atom. The molecule has 0 saturated carbocycles. The molecule has 0 atom stereocenters. The van der Waals surface area contributed by atoms with E-state index in [0.717, 1.165) is 0 Å². The SMILES string of the molecule is CCn1cc(N)cc1C(=O)NCCNC(N)=O. The zero-order valence-corrected chi connectivity index (χ0v) is 9.69. The van der Waals surface area contributed by atoms with Gasteiger partial charge in [0.15, 0.2) is 0 Å². The molecule has 3 amide bonds. The first-order valence-electron chi connectivity index (χ1n) is 5.31. The van der Waals surface area contributed by atoms with E-state index in [2.05, 4.69) is 10.6 Å². The molecule has 0 aromatic carbocycles. The van der Waals surface area contributed by atoms with Crippen LogP contribution in [0.2, 0.25) is 0 Å². The first-order chi connectivity index (χ1) is 8.04. The van der Waals surface area contributed by atoms with Gasteiger partial charge < -0.3 is 26.7 Å².